The fraction of sp³-hybridized carbons (Fsp3) is 1.00. The van der Waals surface area contributed by atoms with E-state index in [0.717, 1.165) is 5.92 Å². The molecule has 0 amide bonds. The summed E-state index contributed by atoms with van der Waals surface area (Å²) in [4.78, 5) is 0. The van der Waals surface area contributed by atoms with Crippen molar-refractivity contribution in [3.05, 3.63) is 0 Å². The largest absolute Gasteiger partial charge is 0.0654 e. The molecule has 0 nitrogen and oxygen atoms in total. The highest BCUT2D eigenvalue weighted by Crippen LogP contribution is 2.67. The average Bonchev–Trinajstić information content (AvgIpc) is 2.56. The topological polar surface area (TPSA) is 0 Å². The molecule has 2 saturated carbocycles. The van der Waals surface area contributed by atoms with E-state index in [1.165, 1.54) is 49.9 Å². The third kappa shape index (κ3) is 1.30. The number of hydrogen-bond acceptors (Lipinski definition) is 0. The minimum absolute atomic E-state index is 1.16. The summed E-state index contributed by atoms with van der Waals surface area (Å²) in [7, 11) is 0. The standard InChI is InChI=1S/C12H22/c1-3-5-7-9-8-11-10(6-4-2)12(9)11/h9-12H,3-8H2,1-2H3. The van der Waals surface area contributed by atoms with Crippen LogP contribution in [0, 0.1) is 23.7 Å². The lowest BCUT2D eigenvalue weighted by atomic mass is 9.82. The van der Waals surface area contributed by atoms with Crippen LogP contribution in [0.5, 0.6) is 0 Å². The van der Waals surface area contributed by atoms with E-state index in [2.05, 4.69) is 13.8 Å². The van der Waals surface area contributed by atoms with Gasteiger partial charge in [-0.05, 0) is 30.1 Å². The molecule has 0 N–H and O–H groups in total. The summed E-state index contributed by atoms with van der Waals surface area (Å²) in [6.45, 7) is 4.64. The van der Waals surface area contributed by atoms with Gasteiger partial charge in [-0.15, -0.1) is 0 Å². The summed E-state index contributed by atoms with van der Waals surface area (Å²) in [5, 5.41) is 0. The third-order valence-corrected chi connectivity index (χ3v) is 4.07. The fourth-order valence-electron chi connectivity index (χ4n) is 3.33. The van der Waals surface area contributed by atoms with E-state index in [-0.39, 0.29) is 0 Å². The first-order valence-electron chi connectivity index (χ1n) is 5.88. The molecular weight excluding hydrogens is 144 g/mol. The van der Waals surface area contributed by atoms with Crippen molar-refractivity contribution in [2.75, 3.05) is 0 Å². The predicted molar refractivity (Wildman–Crippen MR) is 53.0 cm³/mol. The van der Waals surface area contributed by atoms with Crippen molar-refractivity contribution in [2.45, 2.75) is 52.4 Å². The van der Waals surface area contributed by atoms with Crippen LogP contribution < -0.4 is 0 Å². The van der Waals surface area contributed by atoms with E-state index in [4.69, 9.17) is 0 Å². The highest BCUT2D eigenvalue weighted by Gasteiger charge is 2.60. The van der Waals surface area contributed by atoms with Crippen molar-refractivity contribution >= 4 is 0 Å². The molecule has 2 aliphatic carbocycles. The van der Waals surface area contributed by atoms with Crippen LogP contribution >= 0.6 is 0 Å². The maximum Gasteiger partial charge on any atom is -0.0323 e. The zero-order chi connectivity index (χ0) is 8.55. The van der Waals surface area contributed by atoms with Gasteiger partial charge >= 0.3 is 0 Å². The van der Waals surface area contributed by atoms with Gasteiger partial charge in [0.2, 0.25) is 0 Å². The molecule has 4 atom stereocenters. The second-order valence-electron chi connectivity index (χ2n) is 4.83. The normalized spacial score (nSPS) is 43.5. The van der Waals surface area contributed by atoms with Crippen LogP contribution in [0.15, 0.2) is 0 Å². The monoisotopic (exact) mass is 166 g/mol. The van der Waals surface area contributed by atoms with E-state index in [0.29, 0.717) is 0 Å². The van der Waals surface area contributed by atoms with Crippen LogP contribution in [0.4, 0.5) is 0 Å². The minimum atomic E-state index is 1.16. The van der Waals surface area contributed by atoms with Crippen molar-refractivity contribution in [1.29, 1.82) is 0 Å². The van der Waals surface area contributed by atoms with Gasteiger partial charge in [-0.3, -0.25) is 0 Å². The van der Waals surface area contributed by atoms with Gasteiger partial charge < -0.3 is 0 Å². The molecule has 0 radical (unpaired) electrons. The van der Waals surface area contributed by atoms with E-state index in [9.17, 15) is 0 Å². The Morgan fingerprint density at radius 3 is 2.58 bits per heavy atom. The highest BCUT2D eigenvalue weighted by atomic mass is 14.7. The zero-order valence-corrected chi connectivity index (χ0v) is 8.55. The molecule has 2 aliphatic rings. The van der Waals surface area contributed by atoms with Gasteiger partial charge in [0.25, 0.3) is 0 Å². The number of unbranched alkanes of at least 4 members (excludes halogenated alkanes) is 1. The van der Waals surface area contributed by atoms with Crippen molar-refractivity contribution in [3.8, 4) is 0 Å². The Hall–Kier alpha value is 0. The van der Waals surface area contributed by atoms with Crippen LogP contribution in [0.25, 0.3) is 0 Å². The van der Waals surface area contributed by atoms with Gasteiger partial charge in [0.05, 0.1) is 0 Å². The molecule has 0 heteroatoms. The highest BCUT2D eigenvalue weighted by molar-refractivity contribution is 5.09. The molecule has 12 heavy (non-hydrogen) atoms. The smallest absolute Gasteiger partial charge is 0.0323 e. The Morgan fingerprint density at radius 2 is 1.92 bits per heavy atom. The van der Waals surface area contributed by atoms with Gasteiger partial charge in [-0.25, -0.2) is 0 Å². The first-order valence-corrected chi connectivity index (χ1v) is 5.88. The molecule has 4 unspecified atom stereocenters. The van der Waals surface area contributed by atoms with E-state index in [1.54, 1.807) is 6.42 Å². The van der Waals surface area contributed by atoms with Crippen LogP contribution in [-0.2, 0) is 0 Å². The molecule has 70 valence electrons. The Balaban J connectivity index is 1.66. The van der Waals surface area contributed by atoms with Crippen molar-refractivity contribution < 1.29 is 0 Å². The number of hydrogen-bond donors (Lipinski definition) is 0. The number of rotatable bonds is 5. The molecule has 0 saturated heterocycles. The van der Waals surface area contributed by atoms with Crippen LogP contribution in [0.3, 0.4) is 0 Å². The summed E-state index contributed by atoms with van der Waals surface area (Å²) >= 11 is 0. The van der Waals surface area contributed by atoms with Gasteiger partial charge in [0.15, 0.2) is 0 Å². The second-order valence-corrected chi connectivity index (χ2v) is 4.83. The summed E-state index contributed by atoms with van der Waals surface area (Å²) in [6, 6.07) is 0. The third-order valence-electron chi connectivity index (χ3n) is 4.07. The van der Waals surface area contributed by atoms with Crippen molar-refractivity contribution in [2.24, 2.45) is 23.7 Å². The minimum Gasteiger partial charge on any atom is -0.0654 e. The lowest BCUT2D eigenvalue weighted by Crippen LogP contribution is -2.15. The lowest BCUT2D eigenvalue weighted by Gasteiger charge is -2.23. The average molecular weight is 166 g/mol. The molecule has 0 aliphatic heterocycles. The quantitative estimate of drug-likeness (QED) is 0.582. The molecule has 0 aromatic heterocycles. The molecule has 2 rings (SSSR count). The van der Waals surface area contributed by atoms with Gasteiger partial charge in [-0.2, -0.15) is 0 Å². The summed E-state index contributed by atoms with van der Waals surface area (Å²) in [5.41, 5.74) is 0. The zero-order valence-electron chi connectivity index (χ0n) is 8.55. The summed E-state index contributed by atoms with van der Waals surface area (Å²) in [5.74, 6) is 4.74. The fourth-order valence-corrected chi connectivity index (χ4v) is 3.33. The SMILES string of the molecule is CCCCC1CC2C(CCC)C12. The molecule has 0 bridgehead atoms. The maximum absolute atomic E-state index is 2.33. The van der Waals surface area contributed by atoms with Crippen LogP contribution in [-0.4, -0.2) is 0 Å². The Morgan fingerprint density at radius 1 is 1.08 bits per heavy atom. The van der Waals surface area contributed by atoms with Gasteiger partial charge in [0.1, 0.15) is 0 Å². The van der Waals surface area contributed by atoms with Gasteiger partial charge in [-0.1, -0.05) is 46.0 Å². The van der Waals surface area contributed by atoms with Gasteiger partial charge in [0, 0.05) is 0 Å². The maximum atomic E-state index is 2.33. The molecule has 0 aromatic rings. The molecule has 0 aromatic carbocycles. The van der Waals surface area contributed by atoms with E-state index in [1.807, 2.05) is 0 Å². The Labute approximate surface area is 76.7 Å². The molecule has 0 spiro atoms. The first kappa shape index (κ1) is 8.59. The van der Waals surface area contributed by atoms with Crippen molar-refractivity contribution in [1.82, 2.24) is 0 Å². The summed E-state index contributed by atoms with van der Waals surface area (Å²) in [6.07, 6.45) is 8.95. The van der Waals surface area contributed by atoms with E-state index >= 15 is 0 Å². The first-order chi connectivity index (χ1) is 5.88. The molecular formula is C12H22. The second kappa shape index (κ2) is 3.40. The lowest BCUT2D eigenvalue weighted by molar-refractivity contribution is 0.263. The van der Waals surface area contributed by atoms with E-state index < -0.39 is 0 Å². The Bertz CT molecular complexity index is 150. The number of fused-ring (bicyclic) bond motifs is 1. The van der Waals surface area contributed by atoms with Crippen molar-refractivity contribution in [3.63, 3.8) is 0 Å². The molecule has 2 fully saturated rings. The Kier molecular flexibility index (Phi) is 2.43. The summed E-state index contributed by atoms with van der Waals surface area (Å²) < 4.78 is 0. The van der Waals surface area contributed by atoms with Crippen LogP contribution in [0.2, 0.25) is 0 Å². The molecule has 0 heterocycles. The predicted octanol–water partition coefficient (Wildman–Crippen LogP) is 3.86. The van der Waals surface area contributed by atoms with Crippen LogP contribution in [0.1, 0.15) is 52.4 Å².